The molecule has 4 aliphatic heterocycles. The number of nitrogens with one attached hydrogen (secondary N) is 1. The standard InChI is InChI=1S/C19H24F3N5O2S/c20-19(21,22)14-7-13(24-30-14)8-25-5-3-17(4-6-25)9-26(10-17)16(29)27-11-18(12-27)2-1-15(28)23-18/h7H,1-6,8-12H2,(H,23,28). The molecule has 0 aromatic carbocycles. The Labute approximate surface area is 176 Å². The molecule has 0 unspecified atom stereocenters. The van der Waals surface area contributed by atoms with E-state index in [1.54, 1.807) is 0 Å². The van der Waals surface area contributed by atoms with Crippen molar-refractivity contribution >= 4 is 23.5 Å². The molecule has 30 heavy (non-hydrogen) atoms. The Balaban J connectivity index is 1.07. The first-order chi connectivity index (χ1) is 14.2. The molecular formula is C19H24F3N5O2S. The number of halogens is 3. The second kappa shape index (κ2) is 6.81. The maximum atomic E-state index is 12.7. The lowest BCUT2D eigenvalue weighted by molar-refractivity contribution is -0.134. The van der Waals surface area contributed by atoms with Crippen molar-refractivity contribution in [1.29, 1.82) is 0 Å². The molecule has 0 radical (unpaired) electrons. The number of rotatable bonds is 2. The number of alkyl halides is 3. The molecule has 0 bridgehead atoms. The zero-order chi connectivity index (χ0) is 21.1. The minimum absolute atomic E-state index is 0.0528. The average molecular weight is 443 g/mol. The molecule has 4 aliphatic rings. The van der Waals surface area contributed by atoms with Gasteiger partial charge < -0.3 is 15.1 Å². The quantitative estimate of drug-likeness (QED) is 0.761. The van der Waals surface area contributed by atoms with Gasteiger partial charge in [-0.05, 0) is 50.0 Å². The lowest BCUT2D eigenvalue weighted by Gasteiger charge is -2.57. The van der Waals surface area contributed by atoms with Crippen LogP contribution in [0.25, 0.3) is 0 Å². The summed E-state index contributed by atoms with van der Waals surface area (Å²) < 4.78 is 42.1. The second-order valence-electron chi connectivity index (χ2n) is 9.28. The first kappa shape index (κ1) is 20.0. The van der Waals surface area contributed by atoms with Crippen LogP contribution in [0, 0.1) is 5.41 Å². The second-order valence-corrected chi connectivity index (χ2v) is 10.1. The summed E-state index contributed by atoms with van der Waals surface area (Å²) in [5, 5.41) is 2.99. The minimum Gasteiger partial charge on any atom is -0.347 e. The Morgan fingerprint density at radius 2 is 1.80 bits per heavy atom. The summed E-state index contributed by atoms with van der Waals surface area (Å²) in [6.07, 6.45) is -1.11. The summed E-state index contributed by atoms with van der Waals surface area (Å²) >= 11 is 0.508. The average Bonchev–Trinajstić information content (AvgIpc) is 3.25. The molecule has 0 saturated carbocycles. The van der Waals surface area contributed by atoms with Crippen molar-refractivity contribution in [1.82, 2.24) is 24.4 Å². The van der Waals surface area contributed by atoms with Crippen molar-refractivity contribution in [3.63, 3.8) is 0 Å². The highest BCUT2D eigenvalue weighted by atomic mass is 32.1. The van der Waals surface area contributed by atoms with Gasteiger partial charge in [-0.1, -0.05) is 0 Å². The fraction of sp³-hybridized carbons (Fsp3) is 0.737. The Kier molecular flexibility index (Phi) is 4.55. The highest BCUT2D eigenvalue weighted by molar-refractivity contribution is 7.05. The zero-order valence-electron chi connectivity index (χ0n) is 16.5. The van der Waals surface area contributed by atoms with Gasteiger partial charge in [-0.3, -0.25) is 9.69 Å². The minimum atomic E-state index is -4.33. The van der Waals surface area contributed by atoms with Crippen molar-refractivity contribution in [3.8, 4) is 0 Å². The topological polar surface area (TPSA) is 68.8 Å². The number of carbonyl (C=O) groups excluding carboxylic acids is 2. The molecule has 0 aliphatic carbocycles. The maximum Gasteiger partial charge on any atom is 0.427 e. The summed E-state index contributed by atoms with van der Waals surface area (Å²) in [4.78, 5) is 29.3. The largest absolute Gasteiger partial charge is 0.427 e. The Hall–Kier alpha value is -1.88. The summed E-state index contributed by atoms with van der Waals surface area (Å²) in [5.41, 5.74) is 0.414. The number of hydrogen-bond acceptors (Lipinski definition) is 5. The van der Waals surface area contributed by atoms with E-state index < -0.39 is 11.1 Å². The van der Waals surface area contributed by atoms with E-state index in [-0.39, 0.29) is 22.9 Å². The molecule has 1 N–H and O–H groups in total. The molecule has 7 nitrogen and oxygen atoms in total. The molecular weight excluding hydrogens is 419 g/mol. The van der Waals surface area contributed by atoms with E-state index in [2.05, 4.69) is 14.6 Å². The first-order valence-corrected chi connectivity index (χ1v) is 11.0. The number of piperidine rings is 1. The van der Waals surface area contributed by atoms with Crippen LogP contribution in [0.1, 0.15) is 36.3 Å². The van der Waals surface area contributed by atoms with Crippen molar-refractivity contribution in [3.05, 3.63) is 16.6 Å². The van der Waals surface area contributed by atoms with Crippen LogP contribution in [0.2, 0.25) is 0 Å². The fourth-order valence-electron chi connectivity index (χ4n) is 5.18. The third kappa shape index (κ3) is 3.55. The molecule has 11 heteroatoms. The maximum absolute atomic E-state index is 12.7. The normalized spacial score (nSPS) is 25.4. The van der Waals surface area contributed by atoms with Crippen molar-refractivity contribution < 1.29 is 22.8 Å². The Morgan fingerprint density at radius 1 is 1.13 bits per heavy atom. The van der Waals surface area contributed by atoms with E-state index in [4.69, 9.17) is 0 Å². The van der Waals surface area contributed by atoms with E-state index in [9.17, 15) is 22.8 Å². The number of carbonyl (C=O) groups is 2. The molecule has 0 atom stereocenters. The predicted molar refractivity (Wildman–Crippen MR) is 103 cm³/mol. The zero-order valence-corrected chi connectivity index (χ0v) is 17.3. The van der Waals surface area contributed by atoms with Crippen LogP contribution in [0.4, 0.5) is 18.0 Å². The van der Waals surface area contributed by atoms with E-state index in [0.717, 1.165) is 51.5 Å². The van der Waals surface area contributed by atoms with Crippen molar-refractivity contribution in [2.24, 2.45) is 5.41 Å². The SMILES string of the molecule is O=C1CCC2(CN(C(=O)N3CC4(CCN(Cc5cc(C(F)(F)F)sn5)CC4)C3)C2)N1. The van der Waals surface area contributed by atoms with Crippen LogP contribution in [-0.4, -0.2) is 75.8 Å². The Bertz CT molecular complexity index is 851. The molecule has 3 amide bonds. The van der Waals surface area contributed by atoms with E-state index in [0.29, 0.717) is 43.3 Å². The molecule has 5 heterocycles. The van der Waals surface area contributed by atoms with Crippen LogP contribution in [0.5, 0.6) is 0 Å². The Morgan fingerprint density at radius 3 is 2.37 bits per heavy atom. The molecule has 164 valence electrons. The molecule has 1 aromatic heterocycles. The summed E-state index contributed by atoms with van der Waals surface area (Å²) in [6.45, 7) is 4.73. The monoisotopic (exact) mass is 443 g/mol. The fourth-order valence-corrected chi connectivity index (χ4v) is 5.80. The predicted octanol–water partition coefficient (Wildman–Crippen LogP) is 2.14. The van der Waals surface area contributed by atoms with Crippen molar-refractivity contribution in [2.75, 3.05) is 39.3 Å². The highest BCUT2D eigenvalue weighted by Crippen LogP contribution is 2.42. The van der Waals surface area contributed by atoms with E-state index >= 15 is 0 Å². The molecule has 5 rings (SSSR count). The number of likely N-dealkylation sites (tertiary alicyclic amines) is 3. The summed E-state index contributed by atoms with van der Waals surface area (Å²) in [5.74, 6) is 0.0732. The van der Waals surface area contributed by atoms with Gasteiger partial charge in [0.05, 0.1) is 11.2 Å². The summed E-state index contributed by atoms with van der Waals surface area (Å²) in [7, 11) is 0. The van der Waals surface area contributed by atoms with Crippen LogP contribution in [-0.2, 0) is 17.5 Å². The van der Waals surface area contributed by atoms with Gasteiger partial charge in [0.1, 0.15) is 4.88 Å². The lowest BCUT2D eigenvalue weighted by atomic mass is 9.72. The number of hydrogen-bond donors (Lipinski definition) is 1. The number of aromatic nitrogens is 1. The van der Waals surface area contributed by atoms with Gasteiger partial charge in [0, 0.05) is 44.6 Å². The first-order valence-electron chi connectivity index (χ1n) is 10.3. The van der Waals surface area contributed by atoms with Crippen LogP contribution >= 0.6 is 11.5 Å². The van der Waals surface area contributed by atoms with E-state index in [1.165, 1.54) is 0 Å². The lowest BCUT2D eigenvalue weighted by Crippen LogP contribution is -2.73. The third-order valence-corrected chi connectivity index (χ3v) is 7.83. The smallest absolute Gasteiger partial charge is 0.347 e. The van der Waals surface area contributed by atoms with Gasteiger partial charge in [-0.15, -0.1) is 0 Å². The number of amides is 3. The van der Waals surface area contributed by atoms with Crippen molar-refractivity contribution in [2.45, 2.75) is 43.9 Å². The van der Waals surface area contributed by atoms with Crippen LogP contribution < -0.4 is 5.32 Å². The molecule has 1 aromatic rings. The summed E-state index contributed by atoms with van der Waals surface area (Å²) in [6, 6.07) is 1.20. The van der Waals surface area contributed by atoms with Gasteiger partial charge in [-0.25, -0.2) is 4.79 Å². The van der Waals surface area contributed by atoms with Gasteiger partial charge >= 0.3 is 12.2 Å². The number of nitrogens with zero attached hydrogens (tertiary/aromatic N) is 4. The van der Waals surface area contributed by atoms with Gasteiger partial charge in [0.2, 0.25) is 5.91 Å². The number of urea groups is 1. The van der Waals surface area contributed by atoms with Crippen LogP contribution in [0.15, 0.2) is 6.07 Å². The van der Waals surface area contributed by atoms with Crippen LogP contribution in [0.3, 0.4) is 0 Å². The highest BCUT2D eigenvalue weighted by Gasteiger charge is 2.53. The van der Waals surface area contributed by atoms with Gasteiger partial charge in [0.15, 0.2) is 0 Å². The van der Waals surface area contributed by atoms with E-state index in [1.807, 2.05) is 9.80 Å². The van der Waals surface area contributed by atoms with Gasteiger partial charge in [0.25, 0.3) is 0 Å². The molecule has 2 spiro atoms. The third-order valence-electron chi connectivity index (χ3n) is 6.96. The molecule has 4 fully saturated rings. The van der Waals surface area contributed by atoms with Gasteiger partial charge in [-0.2, -0.15) is 17.5 Å². The molecule has 4 saturated heterocycles.